The van der Waals surface area contributed by atoms with E-state index in [4.69, 9.17) is 0 Å². The molecule has 1 N–H and O–H groups in total. The minimum absolute atomic E-state index is 0.0941. The third-order valence-corrected chi connectivity index (χ3v) is 4.54. The molecule has 0 saturated heterocycles. The number of nitriles is 1. The zero-order valence-corrected chi connectivity index (χ0v) is 14.1. The highest BCUT2D eigenvalue weighted by molar-refractivity contribution is 5.97. The summed E-state index contributed by atoms with van der Waals surface area (Å²) in [6, 6.07) is 8.79. The number of hydrogen-bond acceptors (Lipinski definition) is 3. The SMILES string of the molecule is CN(C(=O)/C(C#N)=C\NCCc1ccccc1F)C1CCCCC1. The summed E-state index contributed by atoms with van der Waals surface area (Å²) in [5.74, 6) is -0.486. The van der Waals surface area contributed by atoms with Crippen LogP contribution in [0.3, 0.4) is 0 Å². The molecule has 0 aromatic heterocycles. The van der Waals surface area contributed by atoms with Crippen LogP contribution in [0.1, 0.15) is 37.7 Å². The second-order valence-corrected chi connectivity index (χ2v) is 6.17. The van der Waals surface area contributed by atoms with Crippen molar-refractivity contribution >= 4 is 5.91 Å². The smallest absolute Gasteiger partial charge is 0.265 e. The molecular weight excluding hydrogens is 305 g/mol. The summed E-state index contributed by atoms with van der Waals surface area (Å²) in [4.78, 5) is 14.1. The van der Waals surface area contributed by atoms with Gasteiger partial charge in [-0.25, -0.2) is 4.39 Å². The van der Waals surface area contributed by atoms with Crippen molar-refractivity contribution in [2.75, 3.05) is 13.6 Å². The molecule has 0 heterocycles. The highest BCUT2D eigenvalue weighted by Crippen LogP contribution is 2.22. The lowest BCUT2D eigenvalue weighted by molar-refractivity contribution is -0.128. The second-order valence-electron chi connectivity index (χ2n) is 6.17. The summed E-state index contributed by atoms with van der Waals surface area (Å²) in [5, 5.41) is 12.2. The number of amides is 1. The van der Waals surface area contributed by atoms with E-state index in [0.29, 0.717) is 18.5 Å². The van der Waals surface area contributed by atoms with Crippen LogP contribution in [0.2, 0.25) is 0 Å². The number of halogens is 1. The van der Waals surface area contributed by atoms with Crippen molar-refractivity contribution in [1.82, 2.24) is 10.2 Å². The maximum Gasteiger partial charge on any atom is 0.265 e. The Bertz CT molecular complexity index is 630. The van der Waals surface area contributed by atoms with Crippen LogP contribution in [0.25, 0.3) is 0 Å². The minimum Gasteiger partial charge on any atom is -0.389 e. The average Bonchev–Trinajstić information content (AvgIpc) is 2.63. The maximum absolute atomic E-state index is 13.5. The molecule has 1 saturated carbocycles. The molecule has 128 valence electrons. The van der Waals surface area contributed by atoms with Gasteiger partial charge in [-0.15, -0.1) is 0 Å². The molecule has 0 radical (unpaired) electrons. The minimum atomic E-state index is -0.247. The van der Waals surface area contributed by atoms with E-state index in [0.717, 1.165) is 25.7 Å². The van der Waals surface area contributed by atoms with E-state index in [2.05, 4.69) is 5.32 Å². The van der Waals surface area contributed by atoms with Gasteiger partial charge in [-0.1, -0.05) is 37.5 Å². The molecule has 1 aliphatic carbocycles. The zero-order chi connectivity index (χ0) is 17.4. The maximum atomic E-state index is 13.5. The fourth-order valence-electron chi connectivity index (χ4n) is 3.05. The lowest BCUT2D eigenvalue weighted by atomic mass is 9.94. The van der Waals surface area contributed by atoms with Crippen LogP contribution < -0.4 is 5.32 Å². The summed E-state index contributed by atoms with van der Waals surface area (Å²) < 4.78 is 13.5. The third kappa shape index (κ3) is 4.82. The quantitative estimate of drug-likeness (QED) is 0.495. The van der Waals surface area contributed by atoms with Gasteiger partial charge in [-0.2, -0.15) is 5.26 Å². The van der Waals surface area contributed by atoms with Crippen LogP contribution in [-0.4, -0.2) is 30.4 Å². The van der Waals surface area contributed by atoms with Gasteiger partial charge in [-0.3, -0.25) is 4.79 Å². The Balaban J connectivity index is 1.87. The van der Waals surface area contributed by atoms with Gasteiger partial charge >= 0.3 is 0 Å². The van der Waals surface area contributed by atoms with E-state index in [-0.39, 0.29) is 23.3 Å². The number of nitrogens with zero attached hydrogens (tertiary/aromatic N) is 2. The number of carbonyl (C=O) groups is 1. The first-order chi connectivity index (χ1) is 11.6. The summed E-state index contributed by atoms with van der Waals surface area (Å²) in [5.41, 5.74) is 0.708. The molecule has 4 nitrogen and oxygen atoms in total. The summed E-state index contributed by atoms with van der Waals surface area (Å²) in [7, 11) is 1.77. The van der Waals surface area contributed by atoms with Gasteiger partial charge in [0.2, 0.25) is 0 Å². The molecule has 2 rings (SSSR count). The molecule has 0 aliphatic heterocycles. The summed E-state index contributed by atoms with van der Waals surface area (Å²) in [6.45, 7) is 0.465. The zero-order valence-electron chi connectivity index (χ0n) is 14.1. The van der Waals surface area contributed by atoms with E-state index in [1.54, 1.807) is 30.1 Å². The van der Waals surface area contributed by atoms with Crippen LogP contribution >= 0.6 is 0 Å². The standard InChI is InChI=1S/C19H24FN3O/c1-23(17-8-3-2-4-9-17)19(24)16(13-21)14-22-12-11-15-7-5-6-10-18(15)20/h5-7,10,14,17,22H,2-4,8-9,11-12H2,1H3/b16-14-. The van der Waals surface area contributed by atoms with Crippen molar-refractivity contribution in [2.45, 2.75) is 44.6 Å². The average molecular weight is 329 g/mol. The molecule has 1 aromatic rings. The van der Waals surface area contributed by atoms with Gasteiger partial charge in [0.15, 0.2) is 0 Å². The predicted molar refractivity (Wildman–Crippen MR) is 91.4 cm³/mol. The number of carbonyl (C=O) groups excluding carboxylic acids is 1. The molecule has 1 aromatic carbocycles. The molecule has 1 fully saturated rings. The lowest BCUT2D eigenvalue weighted by Crippen LogP contribution is -2.39. The predicted octanol–water partition coefficient (Wildman–Crippen LogP) is 3.16. The number of nitrogens with one attached hydrogen (secondary N) is 1. The molecule has 1 amide bonds. The summed E-state index contributed by atoms with van der Waals surface area (Å²) in [6.07, 6.45) is 7.43. The highest BCUT2D eigenvalue weighted by atomic mass is 19.1. The van der Waals surface area contributed by atoms with Crippen molar-refractivity contribution < 1.29 is 9.18 Å². The van der Waals surface area contributed by atoms with Crippen LogP contribution in [-0.2, 0) is 11.2 Å². The Morgan fingerprint density at radius 2 is 2.08 bits per heavy atom. The number of likely N-dealkylation sites (N-methyl/N-ethyl adjacent to an activating group) is 1. The Morgan fingerprint density at radius 1 is 1.38 bits per heavy atom. The molecule has 1 aliphatic rings. The van der Waals surface area contributed by atoms with Gasteiger partial charge in [0.05, 0.1) is 0 Å². The Hall–Kier alpha value is -2.35. The van der Waals surface area contributed by atoms with E-state index < -0.39 is 0 Å². The van der Waals surface area contributed by atoms with Crippen molar-refractivity contribution in [2.24, 2.45) is 0 Å². The van der Waals surface area contributed by atoms with Crippen LogP contribution in [0.4, 0.5) is 4.39 Å². The number of benzene rings is 1. The largest absolute Gasteiger partial charge is 0.389 e. The number of hydrogen-bond donors (Lipinski definition) is 1. The van der Waals surface area contributed by atoms with Gasteiger partial charge in [-0.05, 0) is 30.9 Å². The molecule has 0 bridgehead atoms. The van der Waals surface area contributed by atoms with Gasteiger partial charge in [0, 0.05) is 25.8 Å². The molecule has 5 heteroatoms. The van der Waals surface area contributed by atoms with Gasteiger partial charge in [0.25, 0.3) is 5.91 Å². The normalized spacial score (nSPS) is 15.6. The molecule has 0 unspecified atom stereocenters. The van der Waals surface area contributed by atoms with Crippen LogP contribution in [0, 0.1) is 17.1 Å². The Kier molecular flexibility index (Phi) is 6.80. The van der Waals surface area contributed by atoms with Gasteiger partial charge < -0.3 is 10.2 Å². The Labute approximate surface area is 143 Å². The van der Waals surface area contributed by atoms with Crippen LogP contribution in [0.15, 0.2) is 36.0 Å². The fraction of sp³-hybridized carbons (Fsp3) is 0.474. The summed E-state index contributed by atoms with van der Waals surface area (Å²) >= 11 is 0. The van der Waals surface area contributed by atoms with E-state index >= 15 is 0 Å². The van der Waals surface area contributed by atoms with Crippen molar-refractivity contribution in [3.63, 3.8) is 0 Å². The molecule has 0 spiro atoms. The second kappa shape index (κ2) is 9.07. The fourth-order valence-corrected chi connectivity index (χ4v) is 3.05. The van der Waals surface area contributed by atoms with Crippen LogP contribution in [0.5, 0.6) is 0 Å². The van der Waals surface area contributed by atoms with E-state index in [9.17, 15) is 14.4 Å². The highest BCUT2D eigenvalue weighted by Gasteiger charge is 2.24. The first kappa shape index (κ1) is 18.0. The molecule has 24 heavy (non-hydrogen) atoms. The van der Waals surface area contributed by atoms with Crippen molar-refractivity contribution in [3.8, 4) is 6.07 Å². The monoisotopic (exact) mass is 329 g/mol. The first-order valence-electron chi connectivity index (χ1n) is 8.47. The van der Waals surface area contributed by atoms with E-state index in [1.165, 1.54) is 18.7 Å². The first-order valence-corrected chi connectivity index (χ1v) is 8.47. The molecule has 0 atom stereocenters. The van der Waals surface area contributed by atoms with Gasteiger partial charge in [0.1, 0.15) is 17.5 Å². The van der Waals surface area contributed by atoms with Crippen molar-refractivity contribution in [3.05, 3.63) is 47.4 Å². The van der Waals surface area contributed by atoms with E-state index in [1.807, 2.05) is 6.07 Å². The topological polar surface area (TPSA) is 56.1 Å². The Morgan fingerprint density at radius 3 is 2.75 bits per heavy atom. The van der Waals surface area contributed by atoms with Crippen molar-refractivity contribution in [1.29, 1.82) is 5.26 Å². The molecular formula is C19H24FN3O. The number of rotatable bonds is 6. The third-order valence-electron chi connectivity index (χ3n) is 4.54. The lowest BCUT2D eigenvalue weighted by Gasteiger charge is -2.31.